The van der Waals surface area contributed by atoms with Crippen molar-refractivity contribution in [3.05, 3.63) is 52.6 Å². The van der Waals surface area contributed by atoms with Gasteiger partial charge in [-0.2, -0.15) is 0 Å². The lowest BCUT2D eigenvalue weighted by Gasteiger charge is -2.29. The number of aryl methyl sites for hydroxylation is 2. The van der Waals surface area contributed by atoms with E-state index in [-0.39, 0.29) is 5.91 Å². The molecule has 0 bridgehead atoms. The van der Waals surface area contributed by atoms with Crippen LogP contribution in [0.15, 0.2) is 30.1 Å². The van der Waals surface area contributed by atoms with Gasteiger partial charge >= 0.3 is 6.09 Å². The number of rotatable bonds is 1. The topological polar surface area (TPSA) is 64.4 Å². The number of imidazole rings is 1. The fraction of sp³-hybridized carbons (Fsp3) is 0.435. The largest absolute Gasteiger partial charge is 0.443 e. The summed E-state index contributed by atoms with van der Waals surface area (Å²) in [6.45, 7) is 7.89. The third kappa shape index (κ3) is 3.71. The monoisotopic (exact) mass is 393 g/mol. The molecular weight excluding hydrogens is 366 g/mol. The number of benzene rings is 1. The highest BCUT2D eigenvalue weighted by Gasteiger charge is 2.32. The number of amides is 2. The Kier molecular flexibility index (Phi) is 4.81. The maximum Gasteiger partial charge on any atom is 0.417 e. The van der Waals surface area contributed by atoms with Gasteiger partial charge in [0.25, 0.3) is 5.91 Å². The number of likely N-dealkylation sites (tertiary alicyclic amines) is 1. The van der Waals surface area contributed by atoms with Crippen LogP contribution in [-0.2, 0) is 22.4 Å². The summed E-state index contributed by atoms with van der Waals surface area (Å²) in [5.74, 6) is -0.278. The standard InChI is InChI=1S/C23H27N3O3/c1-15-7-5-8-16-10-11-19-18(24-14-26(19)20(15)16)13-17-9-6-12-25(21(17)27)22(28)29-23(2,3)4/h5,7-8,13-14H,6,9-12H2,1-4H3/b17-13+. The van der Waals surface area contributed by atoms with Crippen molar-refractivity contribution in [2.45, 2.75) is 59.0 Å². The van der Waals surface area contributed by atoms with Crippen molar-refractivity contribution in [2.24, 2.45) is 0 Å². The SMILES string of the molecule is Cc1cccc2c1-n1cnc(/C=C3\CCCN(C(=O)OC(C)(C)C)C3=O)c1CC2. The normalized spacial score (nSPS) is 17.9. The second-order valence-corrected chi connectivity index (χ2v) is 8.74. The van der Waals surface area contributed by atoms with Gasteiger partial charge in [0.2, 0.25) is 0 Å². The average Bonchev–Trinajstić information content (AvgIpc) is 3.05. The lowest BCUT2D eigenvalue weighted by Crippen LogP contribution is -2.44. The number of piperidine rings is 1. The van der Waals surface area contributed by atoms with Crippen LogP contribution in [0, 0.1) is 6.92 Å². The number of aromatic nitrogens is 2. The molecule has 3 heterocycles. The molecule has 2 aliphatic heterocycles. The van der Waals surface area contributed by atoms with Crippen molar-refractivity contribution in [2.75, 3.05) is 6.54 Å². The molecule has 1 aromatic heterocycles. The third-order valence-corrected chi connectivity index (χ3v) is 5.36. The van der Waals surface area contributed by atoms with E-state index in [9.17, 15) is 9.59 Å². The van der Waals surface area contributed by atoms with E-state index in [4.69, 9.17) is 4.74 Å². The van der Waals surface area contributed by atoms with Crippen LogP contribution in [0.4, 0.5) is 4.79 Å². The Morgan fingerprint density at radius 2 is 2.00 bits per heavy atom. The van der Waals surface area contributed by atoms with Gasteiger partial charge < -0.3 is 9.30 Å². The fourth-order valence-electron chi connectivity index (χ4n) is 4.07. The van der Waals surface area contributed by atoms with Crippen molar-refractivity contribution in [1.82, 2.24) is 14.5 Å². The zero-order chi connectivity index (χ0) is 20.8. The van der Waals surface area contributed by atoms with Gasteiger partial charge in [0.05, 0.1) is 17.1 Å². The number of carbonyl (C=O) groups excluding carboxylic acids is 2. The number of carbonyl (C=O) groups is 2. The molecule has 2 aromatic rings. The van der Waals surface area contributed by atoms with E-state index in [2.05, 4.69) is 34.7 Å². The van der Waals surface area contributed by atoms with Crippen LogP contribution in [0.25, 0.3) is 11.8 Å². The highest BCUT2D eigenvalue weighted by molar-refractivity contribution is 6.05. The Morgan fingerprint density at radius 1 is 1.21 bits per heavy atom. The summed E-state index contributed by atoms with van der Waals surface area (Å²) in [6, 6.07) is 6.35. The number of hydrogen-bond donors (Lipinski definition) is 0. The molecule has 152 valence electrons. The Hall–Kier alpha value is -2.89. The lowest BCUT2D eigenvalue weighted by molar-refractivity contribution is -0.127. The van der Waals surface area contributed by atoms with Crippen LogP contribution in [-0.4, -0.2) is 38.6 Å². The Morgan fingerprint density at radius 3 is 2.76 bits per heavy atom. The highest BCUT2D eigenvalue weighted by Crippen LogP contribution is 2.31. The minimum absolute atomic E-state index is 0.278. The Labute approximate surface area is 171 Å². The van der Waals surface area contributed by atoms with Crippen molar-refractivity contribution >= 4 is 18.1 Å². The minimum atomic E-state index is -0.632. The van der Waals surface area contributed by atoms with E-state index in [1.165, 1.54) is 21.7 Å². The molecule has 0 saturated carbocycles. The summed E-state index contributed by atoms with van der Waals surface area (Å²) in [7, 11) is 0. The third-order valence-electron chi connectivity index (χ3n) is 5.36. The van der Waals surface area contributed by atoms with Crippen molar-refractivity contribution in [1.29, 1.82) is 0 Å². The molecule has 0 aliphatic carbocycles. The zero-order valence-corrected chi connectivity index (χ0v) is 17.5. The van der Waals surface area contributed by atoms with Crippen molar-refractivity contribution in [3.8, 4) is 5.69 Å². The smallest absolute Gasteiger partial charge is 0.417 e. The van der Waals surface area contributed by atoms with Crippen LogP contribution < -0.4 is 0 Å². The molecule has 0 radical (unpaired) electrons. The van der Waals surface area contributed by atoms with Gasteiger partial charge in [0, 0.05) is 12.1 Å². The molecule has 2 amide bonds. The summed E-state index contributed by atoms with van der Waals surface area (Å²) in [5.41, 5.74) is 5.63. The van der Waals surface area contributed by atoms with Crippen molar-refractivity contribution < 1.29 is 14.3 Å². The molecule has 0 spiro atoms. The number of fused-ring (bicyclic) bond motifs is 3. The second kappa shape index (κ2) is 7.17. The average molecular weight is 393 g/mol. The zero-order valence-electron chi connectivity index (χ0n) is 17.5. The van der Waals surface area contributed by atoms with Gasteiger partial charge in [-0.15, -0.1) is 0 Å². The van der Waals surface area contributed by atoms with Gasteiger partial charge in [0.15, 0.2) is 0 Å². The van der Waals surface area contributed by atoms with Gasteiger partial charge in [-0.05, 0) is 70.6 Å². The van der Waals surface area contributed by atoms with Gasteiger partial charge in [-0.3, -0.25) is 4.79 Å². The van der Waals surface area contributed by atoms with Gasteiger partial charge in [-0.1, -0.05) is 18.2 Å². The second-order valence-electron chi connectivity index (χ2n) is 8.74. The summed E-state index contributed by atoms with van der Waals surface area (Å²) >= 11 is 0. The molecule has 1 aromatic carbocycles. The fourth-order valence-corrected chi connectivity index (χ4v) is 4.07. The summed E-state index contributed by atoms with van der Waals surface area (Å²) in [5, 5.41) is 0. The van der Waals surface area contributed by atoms with E-state index < -0.39 is 11.7 Å². The van der Waals surface area contributed by atoms with Crippen LogP contribution in [0.1, 0.15) is 56.1 Å². The number of hydrogen-bond acceptors (Lipinski definition) is 4. The molecular formula is C23H27N3O3. The summed E-state index contributed by atoms with van der Waals surface area (Å²) < 4.78 is 7.53. The maximum absolute atomic E-state index is 12.9. The molecule has 0 atom stereocenters. The first-order chi connectivity index (χ1) is 13.7. The molecule has 1 fully saturated rings. The number of ether oxygens (including phenoxy) is 1. The molecule has 2 aliphatic rings. The molecule has 0 unspecified atom stereocenters. The first kappa shape index (κ1) is 19.4. The van der Waals surface area contributed by atoms with Gasteiger partial charge in [0.1, 0.15) is 11.9 Å². The highest BCUT2D eigenvalue weighted by atomic mass is 16.6. The van der Waals surface area contributed by atoms with Crippen LogP contribution >= 0.6 is 0 Å². The molecule has 0 N–H and O–H groups in total. The molecule has 4 rings (SSSR count). The van der Waals surface area contributed by atoms with Crippen LogP contribution in [0.2, 0.25) is 0 Å². The van der Waals surface area contributed by atoms with Gasteiger partial charge in [-0.25, -0.2) is 14.7 Å². The number of imide groups is 1. The predicted octanol–water partition coefficient (Wildman–Crippen LogP) is 4.22. The Bertz CT molecular complexity index is 1010. The van der Waals surface area contributed by atoms with E-state index in [1.54, 1.807) is 20.8 Å². The van der Waals surface area contributed by atoms with E-state index in [0.29, 0.717) is 18.5 Å². The molecule has 6 heteroatoms. The first-order valence-corrected chi connectivity index (χ1v) is 10.1. The van der Waals surface area contributed by atoms with Crippen LogP contribution in [0.3, 0.4) is 0 Å². The molecule has 6 nitrogen and oxygen atoms in total. The molecule has 1 saturated heterocycles. The quantitative estimate of drug-likeness (QED) is 0.681. The van der Waals surface area contributed by atoms with Crippen LogP contribution in [0.5, 0.6) is 0 Å². The number of nitrogens with zero attached hydrogens (tertiary/aromatic N) is 3. The Balaban J connectivity index is 1.63. The maximum atomic E-state index is 12.9. The number of para-hydroxylation sites is 1. The summed E-state index contributed by atoms with van der Waals surface area (Å²) in [6.07, 6.45) is 6.31. The van der Waals surface area contributed by atoms with E-state index >= 15 is 0 Å². The van der Waals surface area contributed by atoms with E-state index in [0.717, 1.165) is 30.7 Å². The van der Waals surface area contributed by atoms with Crippen molar-refractivity contribution in [3.63, 3.8) is 0 Å². The lowest BCUT2D eigenvalue weighted by atomic mass is 9.96. The predicted molar refractivity (Wildman–Crippen MR) is 111 cm³/mol. The summed E-state index contributed by atoms with van der Waals surface area (Å²) in [4.78, 5) is 31.1. The minimum Gasteiger partial charge on any atom is -0.443 e. The van der Waals surface area contributed by atoms with E-state index in [1.807, 2.05) is 12.4 Å². The molecule has 29 heavy (non-hydrogen) atoms. The first-order valence-electron chi connectivity index (χ1n) is 10.1.